The summed E-state index contributed by atoms with van der Waals surface area (Å²) in [6.45, 7) is 4.91. The molecule has 2 atom stereocenters. The molecule has 0 aliphatic heterocycles. The van der Waals surface area contributed by atoms with Crippen molar-refractivity contribution < 1.29 is 24.5 Å². The first-order valence-corrected chi connectivity index (χ1v) is 30.5. The van der Waals surface area contributed by atoms with Crippen molar-refractivity contribution in [1.29, 1.82) is 0 Å². The van der Waals surface area contributed by atoms with Crippen LogP contribution in [-0.2, 0) is 14.3 Å². The number of aliphatic hydroxyl groups is 2. The maximum absolute atomic E-state index is 12.4. The monoisotopic (exact) mass is 946 g/mol. The first-order chi connectivity index (χ1) is 33.0. The fourth-order valence-electron chi connectivity index (χ4n) is 9.64. The molecular weight excluding hydrogens is 827 g/mol. The van der Waals surface area contributed by atoms with Gasteiger partial charge in [-0.15, -0.1) is 0 Å². The van der Waals surface area contributed by atoms with Crippen LogP contribution in [0.2, 0.25) is 0 Å². The number of aliphatic hydroxyl groups excluding tert-OH is 2. The van der Waals surface area contributed by atoms with Crippen LogP contribution in [0.3, 0.4) is 0 Å². The van der Waals surface area contributed by atoms with Crippen LogP contribution in [0.5, 0.6) is 0 Å². The van der Waals surface area contributed by atoms with E-state index in [0.717, 1.165) is 38.5 Å². The molecule has 398 valence electrons. The normalized spacial score (nSPS) is 12.6. The minimum absolute atomic E-state index is 0.0195. The number of hydrogen-bond acceptors (Lipinski definition) is 5. The summed E-state index contributed by atoms with van der Waals surface area (Å²) in [5.41, 5.74) is 0. The van der Waals surface area contributed by atoms with Crippen molar-refractivity contribution in [3.8, 4) is 0 Å². The van der Waals surface area contributed by atoms with Gasteiger partial charge in [-0.3, -0.25) is 9.59 Å². The van der Waals surface area contributed by atoms with Crippen LogP contribution >= 0.6 is 0 Å². The topological polar surface area (TPSA) is 95.9 Å². The summed E-state index contributed by atoms with van der Waals surface area (Å²) in [7, 11) is 0. The van der Waals surface area contributed by atoms with Gasteiger partial charge < -0.3 is 20.3 Å². The molecule has 67 heavy (non-hydrogen) atoms. The molecule has 1 amide bonds. The van der Waals surface area contributed by atoms with E-state index in [9.17, 15) is 19.8 Å². The highest BCUT2D eigenvalue weighted by Gasteiger charge is 2.18. The molecule has 0 saturated carbocycles. The molecule has 0 aliphatic rings. The van der Waals surface area contributed by atoms with Gasteiger partial charge in [0, 0.05) is 12.8 Å². The van der Waals surface area contributed by atoms with E-state index < -0.39 is 12.1 Å². The van der Waals surface area contributed by atoms with Gasteiger partial charge in [-0.2, -0.15) is 0 Å². The number of hydrogen-bond donors (Lipinski definition) is 3. The number of amides is 1. The molecule has 0 aromatic carbocycles. The number of nitrogens with one attached hydrogen (secondary N) is 1. The van der Waals surface area contributed by atoms with Crippen LogP contribution in [0, 0.1) is 0 Å². The Bertz CT molecular complexity index is 1000. The molecule has 0 radical (unpaired) electrons. The predicted octanol–water partition coefficient (Wildman–Crippen LogP) is 18.9. The van der Waals surface area contributed by atoms with Crippen molar-refractivity contribution in [2.45, 2.75) is 353 Å². The Labute approximate surface area is 419 Å². The van der Waals surface area contributed by atoms with E-state index in [4.69, 9.17) is 4.74 Å². The summed E-state index contributed by atoms with van der Waals surface area (Å²) in [5, 5.41) is 23.0. The molecule has 0 fully saturated rings. The Kier molecular flexibility index (Phi) is 56.0. The summed E-state index contributed by atoms with van der Waals surface area (Å²) >= 11 is 0. The lowest BCUT2D eigenvalue weighted by Crippen LogP contribution is -2.45. The lowest BCUT2D eigenvalue weighted by Gasteiger charge is -2.20. The van der Waals surface area contributed by atoms with E-state index >= 15 is 0 Å². The minimum atomic E-state index is -0.839. The zero-order valence-electron chi connectivity index (χ0n) is 45.4. The van der Waals surface area contributed by atoms with E-state index in [1.807, 2.05) is 6.08 Å². The molecule has 0 aromatic rings. The SMILES string of the molecule is CCCCCCCCCC/C=C/C(O)C(CO)NC(=O)CCCCCCCCCCCCCCCCCCCCCCCCCCCCCOC(=O)CCCCCCCCCCCCCCC. The van der Waals surface area contributed by atoms with E-state index in [1.165, 1.54) is 276 Å². The molecule has 0 aromatic heterocycles. The third-order valence-corrected chi connectivity index (χ3v) is 14.3. The fourth-order valence-corrected chi connectivity index (χ4v) is 9.64. The maximum atomic E-state index is 12.4. The van der Waals surface area contributed by atoms with Gasteiger partial charge in [-0.1, -0.05) is 309 Å². The standard InChI is InChI=1S/C61H119NO5/c1-3-5-7-9-11-13-15-31-35-39-43-47-51-55-61(66)67-56-52-48-44-40-36-33-30-28-26-24-22-20-18-16-17-19-21-23-25-27-29-32-34-38-42-46-50-54-60(65)62-58(57-63)59(64)53-49-45-41-37-14-12-10-8-6-4-2/h49,53,58-59,63-64H,3-48,50-52,54-57H2,1-2H3,(H,62,65)/b53-49+. The molecule has 0 heterocycles. The molecule has 2 unspecified atom stereocenters. The first-order valence-electron chi connectivity index (χ1n) is 30.5. The zero-order chi connectivity index (χ0) is 48.6. The number of carbonyl (C=O) groups is 2. The largest absolute Gasteiger partial charge is 0.466 e. The molecule has 0 rings (SSSR count). The first kappa shape index (κ1) is 65.6. The Morgan fingerprint density at radius 3 is 1.01 bits per heavy atom. The highest BCUT2D eigenvalue weighted by Crippen LogP contribution is 2.18. The number of carbonyl (C=O) groups excluding carboxylic acids is 2. The van der Waals surface area contributed by atoms with Gasteiger partial charge in [0.15, 0.2) is 0 Å². The second-order valence-corrected chi connectivity index (χ2v) is 21.0. The Balaban J connectivity index is 3.32. The number of ether oxygens (including phenoxy) is 1. The summed E-state index contributed by atoms with van der Waals surface area (Å²) in [5.74, 6) is -0.0463. The summed E-state index contributed by atoms with van der Waals surface area (Å²) in [6, 6.07) is -0.623. The second-order valence-electron chi connectivity index (χ2n) is 21.0. The highest BCUT2D eigenvalue weighted by atomic mass is 16.5. The van der Waals surface area contributed by atoms with Crippen molar-refractivity contribution in [2.75, 3.05) is 13.2 Å². The third kappa shape index (κ3) is 53.8. The van der Waals surface area contributed by atoms with Gasteiger partial charge >= 0.3 is 5.97 Å². The molecular formula is C61H119NO5. The maximum Gasteiger partial charge on any atom is 0.305 e. The van der Waals surface area contributed by atoms with Crippen LogP contribution in [0.4, 0.5) is 0 Å². The van der Waals surface area contributed by atoms with Crippen molar-refractivity contribution in [2.24, 2.45) is 0 Å². The number of esters is 1. The number of allylic oxidation sites excluding steroid dienone is 1. The van der Waals surface area contributed by atoms with Gasteiger partial charge in [-0.05, 0) is 32.1 Å². The van der Waals surface area contributed by atoms with E-state index in [0.29, 0.717) is 19.4 Å². The van der Waals surface area contributed by atoms with Crippen molar-refractivity contribution in [3.05, 3.63) is 12.2 Å². The average Bonchev–Trinajstić information content (AvgIpc) is 3.33. The Morgan fingerprint density at radius 2 is 0.687 bits per heavy atom. The third-order valence-electron chi connectivity index (χ3n) is 14.3. The summed E-state index contributed by atoms with van der Waals surface area (Å²) in [4.78, 5) is 24.4. The fraction of sp³-hybridized carbons (Fsp3) is 0.934. The highest BCUT2D eigenvalue weighted by molar-refractivity contribution is 5.76. The van der Waals surface area contributed by atoms with Gasteiger partial charge in [-0.25, -0.2) is 0 Å². The molecule has 0 saturated heterocycles. The van der Waals surface area contributed by atoms with Gasteiger partial charge in [0.1, 0.15) is 0 Å². The smallest absolute Gasteiger partial charge is 0.305 e. The predicted molar refractivity (Wildman–Crippen MR) is 292 cm³/mol. The van der Waals surface area contributed by atoms with Crippen molar-refractivity contribution >= 4 is 11.9 Å². The van der Waals surface area contributed by atoms with Crippen LogP contribution in [-0.4, -0.2) is 47.4 Å². The minimum Gasteiger partial charge on any atom is -0.466 e. The molecule has 0 bridgehead atoms. The van der Waals surface area contributed by atoms with Crippen LogP contribution in [0.1, 0.15) is 341 Å². The molecule has 0 spiro atoms. The van der Waals surface area contributed by atoms with Gasteiger partial charge in [0.2, 0.25) is 5.91 Å². The van der Waals surface area contributed by atoms with Crippen molar-refractivity contribution in [1.82, 2.24) is 5.32 Å². The van der Waals surface area contributed by atoms with Gasteiger partial charge in [0.05, 0.1) is 25.4 Å². The van der Waals surface area contributed by atoms with E-state index in [1.54, 1.807) is 6.08 Å². The lowest BCUT2D eigenvalue weighted by molar-refractivity contribution is -0.143. The Hall–Kier alpha value is -1.40. The molecule has 3 N–H and O–H groups in total. The summed E-state index contributed by atoms with van der Waals surface area (Å²) in [6.07, 6.45) is 68.4. The number of rotatable bonds is 57. The van der Waals surface area contributed by atoms with Crippen molar-refractivity contribution in [3.63, 3.8) is 0 Å². The second kappa shape index (κ2) is 57.2. The average molecular weight is 947 g/mol. The molecule has 6 heteroatoms. The van der Waals surface area contributed by atoms with Crippen LogP contribution < -0.4 is 5.32 Å². The van der Waals surface area contributed by atoms with Crippen LogP contribution in [0.25, 0.3) is 0 Å². The Morgan fingerprint density at radius 1 is 0.403 bits per heavy atom. The molecule has 6 nitrogen and oxygen atoms in total. The molecule has 0 aliphatic carbocycles. The van der Waals surface area contributed by atoms with Crippen LogP contribution in [0.15, 0.2) is 12.2 Å². The quantitative estimate of drug-likeness (QED) is 0.0321. The zero-order valence-corrected chi connectivity index (χ0v) is 45.4. The van der Waals surface area contributed by atoms with E-state index in [2.05, 4.69) is 19.2 Å². The lowest BCUT2D eigenvalue weighted by atomic mass is 10.0. The van der Waals surface area contributed by atoms with Gasteiger partial charge in [0.25, 0.3) is 0 Å². The summed E-state index contributed by atoms with van der Waals surface area (Å²) < 4.78 is 5.48. The van der Waals surface area contributed by atoms with E-state index in [-0.39, 0.29) is 18.5 Å². The number of unbranched alkanes of at least 4 members (excludes halogenated alkanes) is 46.